The van der Waals surface area contributed by atoms with E-state index in [1.165, 1.54) is 24.0 Å². The molecule has 4 fully saturated rings. The van der Waals surface area contributed by atoms with Crippen molar-refractivity contribution >= 4 is 51.0 Å². The second kappa shape index (κ2) is 14.8. The second-order valence-electron chi connectivity index (χ2n) is 15.8. The number of nitrogens with two attached hydrogens (primary N) is 1. The number of nitrogens with zero attached hydrogens (tertiary/aromatic N) is 5. The molecule has 54 heavy (non-hydrogen) atoms. The molecule has 5 aromatic rings. The molecule has 0 bridgehead atoms. The highest BCUT2D eigenvalue weighted by atomic mass is 16.5. The lowest BCUT2D eigenvalue weighted by Gasteiger charge is -2.34. The van der Waals surface area contributed by atoms with Gasteiger partial charge in [0.1, 0.15) is 23.4 Å². The molecule has 4 aliphatic rings. The van der Waals surface area contributed by atoms with Gasteiger partial charge in [0.25, 0.3) is 0 Å². The molecule has 13 heteroatoms. The summed E-state index contributed by atoms with van der Waals surface area (Å²) in [5, 5.41) is 22.3. The summed E-state index contributed by atoms with van der Waals surface area (Å²) in [6.07, 6.45) is 12.5. The van der Waals surface area contributed by atoms with Crippen molar-refractivity contribution in [2.75, 3.05) is 42.9 Å². The van der Waals surface area contributed by atoms with Crippen LogP contribution in [-0.4, -0.2) is 74.7 Å². The van der Waals surface area contributed by atoms with Crippen LogP contribution in [-0.2, 0) is 9.59 Å². The van der Waals surface area contributed by atoms with E-state index >= 15 is 0 Å². The molecule has 6 heterocycles. The van der Waals surface area contributed by atoms with Crippen LogP contribution < -0.4 is 21.3 Å². The lowest BCUT2D eigenvalue weighted by Crippen LogP contribution is -2.39. The van der Waals surface area contributed by atoms with E-state index in [4.69, 9.17) is 15.2 Å². The molecular formula is C41H49N9O4. The number of hydrogen-bond donors (Lipinski definition) is 5. The molecule has 2 aromatic carbocycles. The van der Waals surface area contributed by atoms with E-state index < -0.39 is 12.1 Å². The molecule has 0 spiro atoms. The molecule has 6 N–H and O–H groups in total. The van der Waals surface area contributed by atoms with Crippen LogP contribution in [0.25, 0.3) is 21.9 Å². The number of aliphatic hydroxyl groups is 1. The zero-order valence-corrected chi connectivity index (χ0v) is 30.6. The Morgan fingerprint density at radius 3 is 2.57 bits per heavy atom. The van der Waals surface area contributed by atoms with Gasteiger partial charge in [0.05, 0.1) is 17.5 Å². The number of aromatic amines is 1. The van der Waals surface area contributed by atoms with Crippen LogP contribution in [0.3, 0.4) is 0 Å². The summed E-state index contributed by atoms with van der Waals surface area (Å²) < 4.78 is 5.86. The van der Waals surface area contributed by atoms with Crippen LogP contribution in [0.5, 0.6) is 0 Å². The van der Waals surface area contributed by atoms with Crippen LogP contribution >= 0.6 is 0 Å². The van der Waals surface area contributed by atoms with E-state index in [1.807, 2.05) is 6.20 Å². The lowest BCUT2D eigenvalue weighted by molar-refractivity contribution is -0.134. The molecule has 13 nitrogen and oxygen atoms in total. The first-order valence-corrected chi connectivity index (χ1v) is 19.8. The number of rotatable bonds is 9. The maximum atomic E-state index is 12.7. The fourth-order valence-corrected chi connectivity index (χ4v) is 9.51. The van der Waals surface area contributed by atoms with E-state index in [1.54, 1.807) is 6.20 Å². The van der Waals surface area contributed by atoms with Gasteiger partial charge < -0.3 is 35.5 Å². The van der Waals surface area contributed by atoms with Gasteiger partial charge in [-0.2, -0.15) is 0 Å². The normalized spacial score (nSPS) is 23.7. The van der Waals surface area contributed by atoms with Crippen molar-refractivity contribution in [2.45, 2.75) is 88.2 Å². The number of carbonyl (C=O) groups is 2. The zero-order chi connectivity index (χ0) is 36.8. The number of aliphatic hydroxyl groups excluding tert-OH is 1. The third kappa shape index (κ3) is 6.84. The standard InChI is InChI=1S/C41H49N9O4/c42-39(52)38-40(46-33(22-44-38)50-16-2-1-3-17-50)45-28-8-6-25(7-9-28)26-13-18-49(19-14-26)23-24-4-5-27(20-24)31-21-32-35(29-12-15-43-36(29)31)37(48-54-32)30-10-11-34(51)47-41(30)53/h6-9,12,15,21-22,24,26-27,30,39,43,52H,1-5,10-11,13-14,16-20,23,42H2,(H,45,46)(H,47,51,53)/t24-,27?,30?,39?/m1/s1. The Bertz CT molecular complexity index is 2150. The molecule has 2 amide bonds. The summed E-state index contributed by atoms with van der Waals surface area (Å²) in [4.78, 5) is 42.1. The molecule has 3 saturated heterocycles. The molecule has 1 saturated carbocycles. The van der Waals surface area contributed by atoms with Gasteiger partial charge in [-0.05, 0) is 124 Å². The predicted octanol–water partition coefficient (Wildman–Crippen LogP) is 6.07. The second-order valence-corrected chi connectivity index (χ2v) is 15.8. The number of anilines is 3. The average molecular weight is 732 g/mol. The van der Waals surface area contributed by atoms with Gasteiger partial charge >= 0.3 is 0 Å². The quantitative estimate of drug-likeness (QED) is 0.0879. The number of benzene rings is 2. The van der Waals surface area contributed by atoms with Crippen LogP contribution in [0.4, 0.5) is 17.3 Å². The zero-order valence-electron chi connectivity index (χ0n) is 30.6. The first-order chi connectivity index (χ1) is 26.4. The maximum absolute atomic E-state index is 12.7. The first-order valence-electron chi connectivity index (χ1n) is 19.8. The molecular weight excluding hydrogens is 683 g/mol. The fraction of sp³-hybridized carbons (Fsp3) is 0.488. The summed E-state index contributed by atoms with van der Waals surface area (Å²) in [6.45, 7) is 5.23. The molecule has 3 unspecified atom stereocenters. The molecule has 3 aromatic heterocycles. The Hall–Kier alpha value is -4.85. The Kier molecular flexibility index (Phi) is 9.54. The summed E-state index contributed by atoms with van der Waals surface area (Å²) in [5.74, 6) is 1.88. The highest BCUT2D eigenvalue weighted by Gasteiger charge is 2.35. The van der Waals surface area contributed by atoms with Crippen LogP contribution in [0, 0.1) is 5.92 Å². The summed E-state index contributed by atoms with van der Waals surface area (Å²) in [7, 11) is 0. The number of carbonyl (C=O) groups excluding carboxylic acids is 2. The lowest BCUT2D eigenvalue weighted by atomic mass is 9.88. The first kappa shape index (κ1) is 34.9. The van der Waals surface area contributed by atoms with Gasteiger partial charge in [0.15, 0.2) is 11.4 Å². The molecule has 0 radical (unpaired) electrons. The monoisotopic (exact) mass is 731 g/mol. The fourth-order valence-electron chi connectivity index (χ4n) is 9.51. The Morgan fingerprint density at radius 1 is 0.981 bits per heavy atom. The van der Waals surface area contributed by atoms with Crippen molar-refractivity contribution in [3.05, 3.63) is 71.3 Å². The Morgan fingerprint density at radius 2 is 1.80 bits per heavy atom. The summed E-state index contributed by atoms with van der Waals surface area (Å²) >= 11 is 0. The Labute approximate surface area is 314 Å². The van der Waals surface area contributed by atoms with E-state index in [-0.39, 0.29) is 11.8 Å². The van der Waals surface area contributed by atoms with Crippen molar-refractivity contribution in [3.63, 3.8) is 0 Å². The SMILES string of the molecule is NC(O)c1ncc(N2CCCCC2)nc1Nc1ccc(C2CCN(C[C@@H]3CCC(c4cc5onc(C6CCC(=O)NC6=O)c5c5cc[nH]c45)C3)CC2)cc1. The average Bonchev–Trinajstić information content (AvgIpc) is 3.96. The highest BCUT2D eigenvalue weighted by molar-refractivity contribution is 6.10. The van der Waals surface area contributed by atoms with Gasteiger partial charge in [0.2, 0.25) is 11.8 Å². The van der Waals surface area contributed by atoms with E-state index in [0.717, 1.165) is 99.0 Å². The number of fused-ring (bicyclic) bond motifs is 3. The number of aromatic nitrogens is 4. The predicted molar refractivity (Wildman–Crippen MR) is 206 cm³/mol. The number of hydrogen-bond acceptors (Lipinski definition) is 11. The number of H-pyrrole nitrogens is 1. The molecule has 3 aliphatic heterocycles. The van der Waals surface area contributed by atoms with Gasteiger partial charge in [0, 0.05) is 48.8 Å². The topological polar surface area (TPSA) is 179 Å². The molecule has 4 atom stereocenters. The van der Waals surface area contributed by atoms with Gasteiger partial charge in [-0.3, -0.25) is 14.9 Å². The molecule has 282 valence electrons. The number of nitrogens with one attached hydrogen (secondary N) is 3. The Balaban J connectivity index is 0.809. The molecule has 1 aliphatic carbocycles. The van der Waals surface area contributed by atoms with Crippen molar-refractivity contribution in [2.24, 2.45) is 11.7 Å². The van der Waals surface area contributed by atoms with Crippen molar-refractivity contribution in [1.82, 2.24) is 30.3 Å². The maximum Gasteiger partial charge on any atom is 0.235 e. The summed E-state index contributed by atoms with van der Waals surface area (Å²) in [5.41, 5.74) is 12.1. The van der Waals surface area contributed by atoms with E-state index in [0.29, 0.717) is 53.4 Å². The highest BCUT2D eigenvalue weighted by Crippen LogP contribution is 2.45. The summed E-state index contributed by atoms with van der Waals surface area (Å²) in [6, 6.07) is 12.8. The minimum absolute atomic E-state index is 0.233. The van der Waals surface area contributed by atoms with Crippen LogP contribution in [0.1, 0.15) is 111 Å². The van der Waals surface area contributed by atoms with E-state index in [9.17, 15) is 14.7 Å². The minimum atomic E-state index is -1.21. The number of amides is 2. The minimum Gasteiger partial charge on any atom is -0.373 e. The van der Waals surface area contributed by atoms with Gasteiger partial charge in [-0.25, -0.2) is 9.97 Å². The molecule has 9 rings (SSSR count). The van der Waals surface area contributed by atoms with Crippen molar-refractivity contribution in [3.8, 4) is 0 Å². The van der Waals surface area contributed by atoms with Gasteiger partial charge in [-0.15, -0.1) is 0 Å². The third-order valence-electron chi connectivity index (χ3n) is 12.4. The van der Waals surface area contributed by atoms with E-state index in [2.05, 4.69) is 72.0 Å². The smallest absolute Gasteiger partial charge is 0.235 e. The number of piperidine rings is 3. The van der Waals surface area contributed by atoms with Crippen molar-refractivity contribution < 1.29 is 19.2 Å². The number of imide groups is 1. The largest absolute Gasteiger partial charge is 0.373 e. The van der Waals surface area contributed by atoms with Crippen LogP contribution in [0.2, 0.25) is 0 Å². The third-order valence-corrected chi connectivity index (χ3v) is 12.4. The van der Waals surface area contributed by atoms with Crippen molar-refractivity contribution in [1.29, 1.82) is 0 Å². The number of likely N-dealkylation sites (tertiary alicyclic amines) is 1. The van der Waals surface area contributed by atoms with Crippen LogP contribution in [0.15, 0.2) is 53.3 Å². The van der Waals surface area contributed by atoms with Gasteiger partial charge in [-0.1, -0.05) is 17.3 Å².